The molecule has 0 bridgehead atoms. The summed E-state index contributed by atoms with van der Waals surface area (Å²) in [4.78, 5) is 63.5. The highest BCUT2D eigenvalue weighted by Gasteiger charge is 2.66. The van der Waals surface area contributed by atoms with Gasteiger partial charge in [-0.3, -0.25) is 24.1 Å². The molecule has 0 saturated carbocycles. The molecule has 2 aliphatic rings. The van der Waals surface area contributed by atoms with E-state index >= 15 is 0 Å². The van der Waals surface area contributed by atoms with Gasteiger partial charge in [0.2, 0.25) is 5.76 Å². The minimum absolute atomic E-state index is 0.0607. The molecule has 3 aromatic carbocycles. The smallest absolute Gasteiger partial charge is 0.297 e. The fraction of sp³-hybridized carbons (Fsp3) is 0.129. The number of thiazole rings is 1. The van der Waals surface area contributed by atoms with E-state index in [0.717, 1.165) is 16.9 Å². The van der Waals surface area contributed by atoms with Gasteiger partial charge in [-0.25, -0.2) is 4.98 Å². The average Bonchev–Trinajstić information content (AvgIpc) is 3.55. The van der Waals surface area contributed by atoms with Gasteiger partial charge in [0.05, 0.1) is 33.8 Å². The number of amides is 2. The van der Waals surface area contributed by atoms with Crippen LogP contribution in [0.25, 0.3) is 11.0 Å². The molecular weight excluding hydrogens is 562 g/mol. The molecule has 5 aromatic rings. The molecule has 10 heteroatoms. The van der Waals surface area contributed by atoms with Gasteiger partial charge in [0.1, 0.15) is 5.58 Å². The van der Waals surface area contributed by atoms with Crippen molar-refractivity contribution in [3.8, 4) is 0 Å². The van der Waals surface area contributed by atoms with Gasteiger partial charge in [0.25, 0.3) is 11.8 Å². The Balaban J connectivity index is 1.55. The van der Waals surface area contributed by atoms with E-state index in [-0.39, 0.29) is 39.8 Å². The molecule has 0 fully saturated rings. The van der Waals surface area contributed by atoms with Crippen molar-refractivity contribution in [1.29, 1.82) is 0 Å². The predicted octanol–water partition coefficient (Wildman–Crippen LogP) is 5.86. The zero-order chi connectivity index (χ0) is 28.6. The molecule has 1 spiro atoms. The van der Waals surface area contributed by atoms with Gasteiger partial charge in [0.15, 0.2) is 21.9 Å². The quantitative estimate of drug-likeness (QED) is 0.246. The van der Waals surface area contributed by atoms with E-state index in [1.54, 1.807) is 72.5 Å². The van der Waals surface area contributed by atoms with Crippen LogP contribution in [0.15, 0.2) is 82.0 Å². The first kappa shape index (κ1) is 25.4. The van der Waals surface area contributed by atoms with E-state index in [4.69, 9.17) is 16.0 Å². The Bertz CT molecular complexity index is 2010. The molecule has 4 heterocycles. The summed E-state index contributed by atoms with van der Waals surface area (Å²) in [6, 6.07) is 20.8. The van der Waals surface area contributed by atoms with Crippen LogP contribution in [-0.2, 0) is 16.9 Å². The van der Waals surface area contributed by atoms with Gasteiger partial charge in [-0.05, 0) is 42.8 Å². The third-order valence-electron chi connectivity index (χ3n) is 7.58. The lowest BCUT2D eigenvalue weighted by molar-refractivity contribution is -0.121. The number of rotatable bonds is 4. The summed E-state index contributed by atoms with van der Waals surface area (Å²) in [7, 11) is 0. The summed E-state index contributed by atoms with van der Waals surface area (Å²) in [6.45, 7) is 3.26. The summed E-state index contributed by atoms with van der Waals surface area (Å²) >= 11 is 7.11. The fourth-order valence-electron chi connectivity index (χ4n) is 5.84. The van der Waals surface area contributed by atoms with Crippen LogP contribution < -0.4 is 15.2 Å². The Morgan fingerprint density at radius 2 is 1.71 bits per heavy atom. The molecule has 0 saturated heterocycles. The molecule has 2 amide bonds. The standard InChI is InChI=1S/C31H20ClN3O5S/c1-16-27(17(2)36)41-30(33-16)35-28(38)26-24(25(37)20-7-3-6-10-23(20)40-26)31(35)21-8-4-5-9-22(21)34(29(31)39)15-18-11-13-19(32)14-12-18/h3-14H,15H2,1-2H3. The first-order chi connectivity index (χ1) is 19.7. The summed E-state index contributed by atoms with van der Waals surface area (Å²) in [5.41, 5.74) is 0.0366. The van der Waals surface area contributed by atoms with Crippen molar-refractivity contribution in [3.63, 3.8) is 0 Å². The number of benzene rings is 3. The number of para-hydroxylation sites is 2. The predicted molar refractivity (Wildman–Crippen MR) is 156 cm³/mol. The van der Waals surface area contributed by atoms with Crippen molar-refractivity contribution in [1.82, 2.24) is 4.98 Å². The van der Waals surface area contributed by atoms with Gasteiger partial charge in [-0.1, -0.05) is 65.4 Å². The Morgan fingerprint density at radius 3 is 2.44 bits per heavy atom. The summed E-state index contributed by atoms with van der Waals surface area (Å²) < 4.78 is 6.08. The van der Waals surface area contributed by atoms with Crippen molar-refractivity contribution in [2.75, 3.05) is 9.80 Å². The summed E-state index contributed by atoms with van der Waals surface area (Å²) in [5.74, 6) is -1.61. The number of carbonyl (C=O) groups excluding carboxylic acids is 3. The lowest BCUT2D eigenvalue weighted by Crippen LogP contribution is -2.53. The topological polar surface area (TPSA) is 101 Å². The van der Waals surface area contributed by atoms with Crippen LogP contribution in [-0.4, -0.2) is 22.6 Å². The van der Waals surface area contributed by atoms with E-state index in [2.05, 4.69) is 4.98 Å². The first-order valence-electron chi connectivity index (χ1n) is 12.8. The van der Waals surface area contributed by atoms with Crippen molar-refractivity contribution >= 4 is 62.3 Å². The Kier molecular flexibility index (Phi) is 5.54. The SMILES string of the molecule is CC(=O)c1sc(N2C(=O)c3oc4ccccc4c(=O)c3C23C(=O)N(Cc2ccc(Cl)cc2)c2ccccc23)nc1C. The third kappa shape index (κ3) is 3.42. The number of aryl methyl sites for hydroxylation is 1. The molecule has 2 aliphatic heterocycles. The lowest BCUT2D eigenvalue weighted by Gasteiger charge is -2.32. The molecule has 41 heavy (non-hydrogen) atoms. The number of Topliss-reactive ketones (excluding diaryl/α,β-unsaturated/α-hetero) is 1. The number of ketones is 1. The molecule has 7 rings (SSSR count). The minimum atomic E-state index is -1.89. The van der Waals surface area contributed by atoms with E-state index < -0.39 is 22.8 Å². The van der Waals surface area contributed by atoms with Gasteiger partial charge in [-0.15, -0.1) is 0 Å². The van der Waals surface area contributed by atoms with Gasteiger partial charge < -0.3 is 9.32 Å². The highest BCUT2D eigenvalue weighted by Crippen LogP contribution is 2.55. The van der Waals surface area contributed by atoms with Gasteiger partial charge in [-0.2, -0.15) is 0 Å². The largest absolute Gasteiger partial charge is 0.450 e. The van der Waals surface area contributed by atoms with Crippen LogP contribution in [0.2, 0.25) is 5.02 Å². The number of hydrogen-bond donors (Lipinski definition) is 0. The van der Waals surface area contributed by atoms with E-state index in [9.17, 15) is 19.2 Å². The number of halogens is 1. The maximum atomic E-state index is 14.9. The Hall–Kier alpha value is -4.60. The molecule has 202 valence electrons. The van der Waals surface area contributed by atoms with E-state index in [1.165, 1.54) is 11.8 Å². The van der Waals surface area contributed by atoms with Crippen LogP contribution in [0.4, 0.5) is 10.8 Å². The summed E-state index contributed by atoms with van der Waals surface area (Å²) in [6.07, 6.45) is 0. The molecule has 2 aromatic heterocycles. The monoisotopic (exact) mass is 581 g/mol. The second kappa shape index (κ2) is 8.95. The molecule has 0 aliphatic carbocycles. The molecule has 8 nitrogen and oxygen atoms in total. The van der Waals surface area contributed by atoms with Crippen molar-refractivity contribution in [2.24, 2.45) is 0 Å². The van der Waals surface area contributed by atoms with Crippen molar-refractivity contribution in [2.45, 2.75) is 25.9 Å². The van der Waals surface area contributed by atoms with Crippen LogP contribution >= 0.6 is 22.9 Å². The molecule has 1 atom stereocenters. The average molecular weight is 582 g/mol. The Morgan fingerprint density at radius 1 is 1.00 bits per heavy atom. The van der Waals surface area contributed by atoms with Gasteiger partial charge in [0, 0.05) is 17.5 Å². The normalized spacial score (nSPS) is 17.5. The number of carbonyl (C=O) groups is 3. The maximum absolute atomic E-state index is 14.9. The highest BCUT2D eigenvalue weighted by atomic mass is 35.5. The minimum Gasteiger partial charge on any atom is -0.450 e. The van der Waals surface area contributed by atoms with E-state index in [0.29, 0.717) is 26.8 Å². The molecule has 0 radical (unpaired) electrons. The number of aromatic nitrogens is 1. The second-order valence-corrected chi connectivity index (χ2v) is 11.4. The van der Waals surface area contributed by atoms with Gasteiger partial charge >= 0.3 is 0 Å². The first-order valence-corrected chi connectivity index (χ1v) is 14.0. The molecule has 0 N–H and O–H groups in total. The molecular formula is C31H20ClN3O5S. The summed E-state index contributed by atoms with van der Waals surface area (Å²) in [5, 5.41) is 0.940. The van der Waals surface area contributed by atoms with Crippen LogP contribution in [0.1, 0.15) is 49.5 Å². The maximum Gasteiger partial charge on any atom is 0.297 e. The number of hydrogen-bond acceptors (Lipinski definition) is 7. The van der Waals surface area contributed by atoms with Crippen molar-refractivity contribution < 1.29 is 18.8 Å². The highest BCUT2D eigenvalue weighted by molar-refractivity contribution is 7.17. The fourth-order valence-corrected chi connectivity index (χ4v) is 6.98. The zero-order valence-electron chi connectivity index (χ0n) is 21.8. The van der Waals surface area contributed by atoms with E-state index in [1.807, 2.05) is 12.1 Å². The zero-order valence-corrected chi connectivity index (χ0v) is 23.4. The Labute approximate surface area is 242 Å². The van der Waals surface area contributed by atoms with Crippen LogP contribution in [0, 0.1) is 6.92 Å². The molecule has 1 unspecified atom stereocenters. The van der Waals surface area contributed by atoms with Crippen LogP contribution in [0.3, 0.4) is 0 Å². The van der Waals surface area contributed by atoms with Crippen molar-refractivity contribution in [3.05, 3.63) is 121 Å². The number of fused-ring (bicyclic) bond motifs is 5. The number of nitrogens with zero attached hydrogens (tertiary/aromatic N) is 3. The lowest BCUT2D eigenvalue weighted by atomic mass is 9.84. The second-order valence-electron chi connectivity index (χ2n) is 9.98. The van der Waals surface area contributed by atoms with Crippen LogP contribution in [0.5, 0.6) is 0 Å². The third-order valence-corrected chi connectivity index (χ3v) is 9.08. The number of anilines is 2.